The normalized spacial score (nSPS) is 11.6. The first kappa shape index (κ1) is 16.0. The number of aromatic nitrogens is 5. The average Bonchev–Trinajstić information content (AvgIpc) is 3.00. The van der Waals surface area contributed by atoms with Gasteiger partial charge >= 0.3 is 11.7 Å². The van der Waals surface area contributed by atoms with Gasteiger partial charge in [0.15, 0.2) is 11.2 Å². The predicted molar refractivity (Wildman–Crippen MR) is 87.4 cm³/mol. The number of carboxylic acid groups (broad SMARTS) is 1. The minimum absolute atomic E-state index is 0.171. The molecule has 0 aliphatic heterocycles. The van der Waals surface area contributed by atoms with E-state index in [4.69, 9.17) is 5.11 Å². The molecule has 0 saturated carbocycles. The summed E-state index contributed by atoms with van der Waals surface area (Å²) in [5.74, 6) is -0.179. The molecular formula is C15H19N5O4. The van der Waals surface area contributed by atoms with Gasteiger partial charge in [-0.15, -0.1) is 0 Å². The molecular weight excluding hydrogens is 314 g/mol. The molecule has 0 spiro atoms. The van der Waals surface area contributed by atoms with E-state index in [0.717, 1.165) is 18.5 Å². The highest BCUT2D eigenvalue weighted by molar-refractivity contribution is 5.75. The summed E-state index contributed by atoms with van der Waals surface area (Å²) in [5.41, 5.74) is 0.688. The van der Waals surface area contributed by atoms with Crippen LogP contribution in [0.4, 0.5) is 0 Å². The molecule has 0 aliphatic carbocycles. The molecule has 0 radical (unpaired) electrons. The van der Waals surface area contributed by atoms with Gasteiger partial charge in [0.2, 0.25) is 5.78 Å². The molecule has 9 heteroatoms. The maximum absolute atomic E-state index is 12.1. The molecule has 0 aromatic carbocycles. The molecule has 2 N–H and O–H groups in total. The monoisotopic (exact) mass is 333 g/mol. The number of hydrogen-bond acceptors (Lipinski definition) is 4. The van der Waals surface area contributed by atoms with Gasteiger partial charge in [0.05, 0.1) is 0 Å². The number of nitrogens with zero attached hydrogens (tertiary/aromatic N) is 4. The summed E-state index contributed by atoms with van der Waals surface area (Å²) in [7, 11) is 1.57. The first-order valence-electron chi connectivity index (χ1n) is 7.79. The standard InChI is InChI=1S/C15H19N5O4/c1-9-8-20-11-12(18(2)15(24)17-13(11)23)16-14(20)19(9)7-5-3-4-6-10(21)22/h8H,3-7H2,1-2H3,(H,21,22)(H,17,23,24). The summed E-state index contributed by atoms with van der Waals surface area (Å²) in [6.07, 6.45) is 4.25. The van der Waals surface area contributed by atoms with E-state index in [1.54, 1.807) is 11.4 Å². The summed E-state index contributed by atoms with van der Waals surface area (Å²) >= 11 is 0. The van der Waals surface area contributed by atoms with Crippen molar-refractivity contribution in [2.75, 3.05) is 0 Å². The Kier molecular flexibility index (Phi) is 4.00. The molecule has 0 atom stereocenters. The Balaban J connectivity index is 1.96. The third-order valence-electron chi connectivity index (χ3n) is 4.19. The number of carbonyl (C=O) groups is 1. The first-order valence-corrected chi connectivity index (χ1v) is 7.79. The van der Waals surface area contributed by atoms with Gasteiger partial charge in [-0.05, 0) is 19.8 Å². The van der Waals surface area contributed by atoms with Crippen molar-refractivity contribution in [3.63, 3.8) is 0 Å². The van der Waals surface area contributed by atoms with Crippen molar-refractivity contribution < 1.29 is 9.90 Å². The molecule has 0 saturated heterocycles. The fourth-order valence-corrected chi connectivity index (χ4v) is 2.92. The quantitative estimate of drug-likeness (QED) is 0.642. The van der Waals surface area contributed by atoms with Gasteiger partial charge < -0.3 is 9.67 Å². The second-order valence-corrected chi connectivity index (χ2v) is 5.90. The molecule has 3 rings (SSSR count). The molecule has 0 fully saturated rings. The van der Waals surface area contributed by atoms with Gasteiger partial charge in [-0.2, -0.15) is 4.98 Å². The Bertz CT molecular complexity index is 1040. The van der Waals surface area contributed by atoms with Crippen LogP contribution in [0.1, 0.15) is 31.4 Å². The van der Waals surface area contributed by atoms with Crippen molar-refractivity contribution in [3.05, 3.63) is 32.7 Å². The fraction of sp³-hybridized carbons (Fsp3) is 0.467. The Morgan fingerprint density at radius 1 is 1.29 bits per heavy atom. The van der Waals surface area contributed by atoms with E-state index in [-0.39, 0.29) is 6.42 Å². The number of hydrogen-bond donors (Lipinski definition) is 2. The zero-order chi connectivity index (χ0) is 17.4. The SMILES string of the molecule is Cc1cn2c3c(=O)[nH]c(=O)n(C)c3nc2n1CCCCCC(=O)O. The molecule has 24 heavy (non-hydrogen) atoms. The van der Waals surface area contributed by atoms with Crippen molar-refractivity contribution in [3.8, 4) is 0 Å². The lowest BCUT2D eigenvalue weighted by Gasteiger charge is -2.05. The zero-order valence-corrected chi connectivity index (χ0v) is 13.6. The molecule has 0 bridgehead atoms. The van der Waals surface area contributed by atoms with Crippen molar-refractivity contribution in [1.82, 2.24) is 23.5 Å². The number of unbranched alkanes of at least 4 members (excludes halogenated alkanes) is 2. The van der Waals surface area contributed by atoms with Crippen LogP contribution in [0.5, 0.6) is 0 Å². The molecule has 9 nitrogen and oxygen atoms in total. The van der Waals surface area contributed by atoms with E-state index in [2.05, 4.69) is 9.97 Å². The second kappa shape index (κ2) is 5.99. The van der Waals surface area contributed by atoms with Crippen molar-refractivity contribution in [1.29, 1.82) is 0 Å². The topological polar surface area (TPSA) is 114 Å². The molecule has 3 aromatic heterocycles. The Morgan fingerprint density at radius 2 is 2.04 bits per heavy atom. The summed E-state index contributed by atoms with van der Waals surface area (Å²) < 4.78 is 4.99. The second-order valence-electron chi connectivity index (χ2n) is 5.90. The van der Waals surface area contributed by atoms with Crippen molar-refractivity contribution in [2.45, 2.75) is 39.2 Å². The smallest absolute Gasteiger partial charge is 0.329 e. The van der Waals surface area contributed by atoms with Crippen LogP contribution >= 0.6 is 0 Å². The highest BCUT2D eigenvalue weighted by Crippen LogP contribution is 2.17. The fourth-order valence-electron chi connectivity index (χ4n) is 2.92. The third kappa shape index (κ3) is 2.61. The third-order valence-corrected chi connectivity index (χ3v) is 4.19. The first-order chi connectivity index (χ1) is 11.4. The van der Waals surface area contributed by atoms with Crippen LogP contribution in [0.25, 0.3) is 16.9 Å². The van der Waals surface area contributed by atoms with E-state index in [1.165, 1.54) is 4.57 Å². The maximum atomic E-state index is 12.1. The van der Waals surface area contributed by atoms with Crippen LogP contribution < -0.4 is 11.2 Å². The van der Waals surface area contributed by atoms with Gasteiger partial charge in [0.25, 0.3) is 5.56 Å². The van der Waals surface area contributed by atoms with Crippen LogP contribution in [-0.2, 0) is 18.4 Å². The number of rotatable bonds is 6. The molecule has 0 amide bonds. The van der Waals surface area contributed by atoms with Gasteiger partial charge in [-0.3, -0.25) is 23.5 Å². The van der Waals surface area contributed by atoms with Gasteiger partial charge in [0, 0.05) is 31.9 Å². The summed E-state index contributed by atoms with van der Waals surface area (Å²) in [6.45, 7) is 2.60. The Hall–Kier alpha value is -2.84. The van der Waals surface area contributed by atoms with Crippen molar-refractivity contribution >= 4 is 22.9 Å². The van der Waals surface area contributed by atoms with Crippen LogP contribution in [0, 0.1) is 6.92 Å². The molecule has 3 heterocycles. The lowest BCUT2D eigenvalue weighted by atomic mass is 10.2. The number of aromatic amines is 1. The van der Waals surface area contributed by atoms with Gasteiger partial charge in [-0.25, -0.2) is 4.79 Å². The molecule has 0 aliphatic rings. The average molecular weight is 333 g/mol. The summed E-state index contributed by atoms with van der Waals surface area (Å²) in [5, 5.41) is 8.66. The van der Waals surface area contributed by atoms with Crippen molar-refractivity contribution in [2.24, 2.45) is 7.05 Å². The zero-order valence-electron chi connectivity index (χ0n) is 13.6. The van der Waals surface area contributed by atoms with E-state index in [0.29, 0.717) is 29.9 Å². The predicted octanol–water partition coefficient (Wildman–Crippen LogP) is 0.629. The summed E-state index contributed by atoms with van der Waals surface area (Å²) in [6, 6.07) is 0. The van der Waals surface area contributed by atoms with Gasteiger partial charge in [-0.1, -0.05) is 6.42 Å². The van der Waals surface area contributed by atoms with E-state index < -0.39 is 17.2 Å². The number of aryl methyl sites for hydroxylation is 3. The number of nitrogens with one attached hydrogen (secondary N) is 1. The number of carboxylic acids is 1. The lowest BCUT2D eigenvalue weighted by molar-refractivity contribution is -0.137. The highest BCUT2D eigenvalue weighted by atomic mass is 16.4. The number of imidazole rings is 2. The van der Waals surface area contributed by atoms with Crippen LogP contribution in [0.15, 0.2) is 15.8 Å². The van der Waals surface area contributed by atoms with Crippen LogP contribution in [0.3, 0.4) is 0 Å². The Morgan fingerprint density at radius 3 is 2.75 bits per heavy atom. The largest absolute Gasteiger partial charge is 0.481 e. The maximum Gasteiger partial charge on any atom is 0.329 e. The molecule has 128 valence electrons. The van der Waals surface area contributed by atoms with Crippen LogP contribution in [-0.4, -0.2) is 34.6 Å². The molecule has 3 aromatic rings. The van der Waals surface area contributed by atoms with Gasteiger partial charge in [0.1, 0.15) is 0 Å². The highest BCUT2D eigenvalue weighted by Gasteiger charge is 2.17. The van der Waals surface area contributed by atoms with E-state index in [1.807, 2.05) is 17.7 Å². The van der Waals surface area contributed by atoms with E-state index >= 15 is 0 Å². The molecule has 0 unspecified atom stereocenters. The minimum Gasteiger partial charge on any atom is -0.481 e. The van der Waals surface area contributed by atoms with E-state index in [9.17, 15) is 14.4 Å². The van der Waals surface area contributed by atoms with Crippen LogP contribution in [0.2, 0.25) is 0 Å². The number of H-pyrrole nitrogens is 1. The number of fused-ring (bicyclic) bond motifs is 3. The Labute approximate surface area is 136 Å². The minimum atomic E-state index is -0.783. The number of aliphatic carboxylic acids is 1. The summed E-state index contributed by atoms with van der Waals surface area (Å²) in [4.78, 5) is 41.1. The lowest BCUT2D eigenvalue weighted by Crippen LogP contribution is -2.28.